The number of nitrogens with zero attached hydrogens (tertiary/aromatic N) is 1. The Labute approximate surface area is 129 Å². The molecule has 0 aliphatic carbocycles. The van der Waals surface area contributed by atoms with E-state index in [9.17, 15) is 8.42 Å². The van der Waals surface area contributed by atoms with Gasteiger partial charge in [-0.1, -0.05) is 23.2 Å². The summed E-state index contributed by atoms with van der Waals surface area (Å²) in [6, 6.07) is 11.1. The first-order valence-corrected chi connectivity index (χ1v) is 8.59. The minimum atomic E-state index is -3.62. The molecule has 0 saturated carbocycles. The quantitative estimate of drug-likeness (QED) is 0.691. The molecule has 3 aromatic rings. The minimum absolute atomic E-state index is 0.0529. The number of benzene rings is 2. The van der Waals surface area contributed by atoms with E-state index in [0.29, 0.717) is 15.6 Å². The average molecular weight is 344 g/mol. The highest BCUT2D eigenvalue weighted by Crippen LogP contribution is 2.31. The molecule has 0 aliphatic heterocycles. The van der Waals surface area contributed by atoms with Crippen molar-refractivity contribution in [3.63, 3.8) is 0 Å². The number of rotatable bonds is 2. The number of sulfone groups is 1. The fraction of sp³-hybridized carbons (Fsp3) is 0. The van der Waals surface area contributed by atoms with E-state index in [1.807, 2.05) is 0 Å². The van der Waals surface area contributed by atoms with E-state index in [2.05, 4.69) is 4.98 Å². The van der Waals surface area contributed by atoms with Crippen LogP contribution in [0.5, 0.6) is 0 Å². The Kier molecular flexibility index (Phi) is 3.46. The summed E-state index contributed by atoms with van der Waals surface area (Å²) in [7, 11) is -3.62. The van der Waals surface area contributed by atoms with Crippen molar-refractivity contribution in [1.82, 2.24) is 4.98 Å². The van der Waals surface area contributed by atoms with Crippen LogP contribution in [-0.2, 0) is 9.84 Å². The number of hydrogen-bond acceptors (Lipinski definition) is 4. The molecule has 3 nitrogen and oxygen atoms in total. The summed E-state index contributed by atoms with van der Waals surface area (Å²) >= 11 is 12.8. The van der Waals surface area contributed by atoms with E-state index < -0.39 is 9.84 Å². The molecule has 1 aromatic heterocycles. The van der Waals surface area contributed by atoms with Crippen molar-refractivity contribution >= 4 is 54.6 Å². The smallest absolute Gasteiger partial charge is 0.225 e. The van der Waals surface area contributed by atoms with Gasteiger partial charge in [0.1, 0.15) is 0 Å². The molecule has 0 radical (unpaired) electrons. The highest BCUT2D eigenvalue weighted by Gasteiger charge is 2.22. The van der Waals surface area contributed by atoms with Crippen LogP contribution in [-0.4, -0.2) is 13.4 Å². The van der Waals surface area contributed by atoms with Gasteiger partial charge in [0.15, 0.2) is 0 Å². The fourth-order valence-electron chi connectivity index (χ4n) is 1.71. The molecule has 3 rings (SSSR count). The third-order valence-electron chi connectivity index (χ3n) is 2.68. The second-order valence-electron chi connectivity index (χ2n) is 4.05. The van der Waals surface area contributed by atoms with Crippen molar-refractivity contribution < 1.29 is 8.42 Å². The highest BCUT2D eigenvalue weighted by molar-refractivity contribution is 7.93. The SMILES string of the molecule is O=S(=O)(c1ccc(Cl)cc1)c1nc2cc(Cl)ccc2s1. The maximum Gasteiger partial charge on any atom is 0.233 e. The van der Waals surface area contributed by atoms with Gasteiger partial charge in [0, 0.05) is 10.0 Å². The number of hydrogen-bond donors (Lipinski definition) is 0. The molecule has 1 heterocycles. The Bertz CT molecular complexity index is 886. The zero-order chi connectivity index (χ0) is 14.3. The molecule has 7 heteroatoms. The Balaban J connectivity index is 2.15. The third kappa shape index (κ3) is 2.42. The van der Waals surface area contributed by atoms with Crippen molar-refractivity contribution in [2.75, 3.05) is 0 Å². The van der Waals surface area contributed by atoms with Gasteiger partial charge < -0.3 is 0 Å². The van der Waals surface area contributed by atoms with Crippen LogP contribution < -0.4 is 0 Å². The lowest BCUT2D eigenvalue weighted by molar-refractivity contribution is 0.595. The number of halogens is 2. The van der Waals surface area contributed by atoms with Gasteiger partial charge in [0.25, 0.3) is 0 Å². The standard InChI is InChI=1S/C13H7Cl2NO2S2/c14-8-1-4-10(5-2-8)20(17,18)13-16-11-7-9(15)3-6-12(11)19-13/h1-7H. The predicted molar refractivity (Wildman–Crippen MR) is 81.5 cm³/mol. The van der Waals surface area contributed by atoms with Crippen LogP contribution >= 0.6 is 34.5 Å². The van der Waals surface area contributed by atoms with Crippen LogP contribution in [0.15, 0.2) is 51.7 Å². The zero-order valence-corrected chi connectivity index (χ0v) is 13.0. The lowest BCUT2D eigenvalue weighted by atomic mass is 10.3. The van der Waals surface area contributed by atoms with Gasteiger partial charge in [-0.15, -0.1) is 11.3 Å². The maximum atomic E-state index is 12.5. The molecular formula is C13H7Cl2NO2S2. The molecule has 0 spiro atoms. The Morgan fingerprint density at radius 3 is 2.30 bits per heavy atom. The van der Waals surface area contributed by atoms with Crippen LogP contribution in [0.2, 0.25) is 10.0 Å². The lowest BCUT2D eigenvalue weighted by Gasteiger charge is -2.00. The van der Waals surface area contributed by atoms with Gasteiger partial charge in [-0.2, -0.15) is 0 Å². The lowest BCUT2D eigenvalue weighted by Crippen LogP contribution is -2.00. The molecule has 0 atom stereocenters. The first kappa shape index (κ1) is 13.8. The van der Waals surface area contributed by atoms with Crippen molar-refractivity contribution in [1.29, 1.82) is 0 Å². The van der Waals surface area contributed by atoms with Crippen molar-refractivity contribution in [3.8, 4) is 0 Å². The van der Waals surface area contributed by atoms with Gasteiger partial charge in [-0.05, 0) is 42.5 Å². The maximum absolute atomic E-state index is 12.5. The van der Waals surface area contributed by atoms with Gasteiger partial charge in [-0.3, -0.25) is 0 Å². The first-order chi connectivity index (χ1) is 9.46. The molecular weight excluding hydrogens is 337 g/mol. The molecule has 20 heavy (non-hydrogen) atoms. The molecule has 0 saturated heterocycles. The van der Waals surface area contributed by atoms with Crippen molar-refractivity contribution in [2.45, 2.75) is 9.24 Å². The van der Waals surface area contributed by atoms with E-state index in [4.69, 9.17) is 23.2 Å². The fourth-order valence-corrected chi connectivity index (χ4v) is 4.59. The average Bonchev–Trinajstić information content (AvgIpc) is 2.83. The van der Waals surface area contributed by atoms with Gasteiger partial charge >= 0.3 is 0 Å². The van der Waals surface area contributed by atoms with E-state index in [1.54, 1.807) is 30.3 Å². The molecule has 102 valence electrons. The Hall–Kier alpha value is -1.14. The van der Waals surface area contributed by atoms with E-state index in [0.717, 1.165) is 16.0 Å². The molecule has 0 unspecified atom stereocenters. The zero-order valence-electron chi connectivity index (χ0n) is 9.88. The van der Waals surface area contributed by atoms with Gasteiger partial charge in [0.05, 0.1) is 15.1 Å². The van der Waals surface area contributed by atoms with Crippen LogP contribution in [0.3, 0.4) is 0 Å². The van der Waals surface area contributed by atoms with Crippen molar-refractivity contribution in [3.05, 3.63) is 52.5 Å². The van der Waals surface area contributed by atoms with Crippen LogP contribution in [0, 0.1) is 0 Å². The summed E-state index contributed by atoms with van der Waals surface area (Å²) in [4.78, 5) is 4.33. The Morgan fingerprint density at radius 2 is 1.60 bits per heavy atom. The molecule has 0 aliphatic rings. The number of aromatic nitrogens is 1. The van der Waals surface area contributed by atoms with E-state index >= 15 is 0 Å². The number of fused-ring (bicyclic) bond motifs is 1. The molecule has 0 bridgehead atoms. The summed E-state index contributed by atoms with van der Waals surface area (Å²) in [5.41, 5.74) is 0.579. The Morgan fingerprint density at radius 1 is 0.950 bits per heavy atom. The van der Waals surface area contributed by atoms with Gasteiger partial charge in [0.2, 0.25) is 14.2 Å². The topological polar surface area (TPSA) is 47.0 Å². The summed E-state index contributed by atoms with van der Waals surface area (Å²) in [5.74, 6) is 0. The summed E-state index contributed by atoms with van der Waals surface area (Å²) in [6.45, 7) is 0. The van der Waals surface area contributed by atoms with Crippen LogP contribution in [0.4, 0.5) is 0 Å². The molecule has 2 aromatic carbocycles. The van der Waals surface area contributed by atoms with Crippen molar-refractivity contribution in [2.24, 2.45) is 0 Å². The largest absolute Gasteiger partial charge is 0.233 e. The summed E-state index contributed by atoms with van der Waals surface area (Å²) in [6.07, 6.45) is 0. The predicted octanol–water partition coefficient (Wildman–Crippen LogP) is 4.44. The second-order valence-corrected chi connectivity index (χ2v) is 8.08. The first-order valence-electron chi connectivity index (χ1n) is 5.53. The normalized spacial score (nSPS) is 11.9. The molecule has 0 fully saturated rings. The molecule has 0 amide bonds. The second kappa shape index (κ2) is 5.00. The van der Waals surface area contributed by atoms with E-state index in [1.165, 1.54) is 12.1 Å². The summed E-state index contributed by atoms with van der Waals surface area (Å²) < 4.78 is 25.8. The third-order valence-corrected chi connectivity index (χ3v) is 6.35. The number of thiazole rings is 1. The minimum Gasteiger partial charge on any atom is -0.225 e. The van der Waals surface area contributed by atoms with Crippen LogP contribution in [0.25, 0.3) is 10.2 Å². The highest BCUT2D eigenvalue weighted by atomic mass is 35.5. The van der Waals surface area contributed by atoms with Gasteiger partial charge in [-0.25, -0.2) is 13.4 Å². The monoisotopic (exact) mass is 343 g/mol. The molecule has 0 N–H and O–H groups in total. The van der Waals surface area contributed by atoms with Crippen LogP contribution in [0.1, 0.15) is 0 Å². The summed E-state index contributed by atoms with van der Waals surface area (Å²) in [5, 5.41) is 1.01. The van der Waals surface area contributed by atoms with E-state index in [-0.39, 0.29) is 9.24 Å².